The monoisotopic (exact) mass is 200 g/mol. The summed E-state index contributed by atoms with van der Waals surface area (Å²) in [5.41, 5.74) is 0. The third-order valence-corrected chi connectivity index (χ3v) is 1.11. The minimum atomic E-state index is -0.211. The molecule has 0 unspecified atom stereocenters. The summed E-state index contributed by atoms with van der Waals surface area (Å²) in [5.74, 6) is 0.565. The second-order valence-corrected chi connectivity index (χ2v) is 1.82. The molecule has 0 aliphatic carbocycles. The van der Waals surface area contributed by atoms with E-state index in [-0.39, 0.29) is 63.1 Å². The third-order valence-electron chi connectivity index (χ3n) is 0.509. The van der Waals surface area contributed by atoms with Gasteiger partial charge in [-0.1, -0.05) is 5.82 Å². The molecule has 0 amide bonds. The molecule has 0 N–H and O–H groups in total. The maximum atomic E-state index is 10.1. The fourth-order valence-corrected chi connectivity index (χ4v) is 0.702. The first-order valence-corrected chi connectivity index (χ1v) is 2.54. The molecule has 8 heavy (non-hydrogen) atoms. The van der Waals surface area contributed by atoms with Gasteiger partial charge >= 0.3 is 58.2 Å². The average molecular weight is 201 g/mol. The summed E-state index contributed by atoms with van der Waals surface area (Å²) in [4.78, 5) is 13.4. The van der Waals surface area contributed by atoms with Gasteiger partial charge in [-0.3, -0.25) is 4.79 Å². The SMILES string of the molecule is Cc1nsc(=O)[n-]1.[Rb+]. The minimum Gasteiger partial charge on any atom is -0.396 e. The van der Waals surface area contributed by atoms with E-state index < -0.39 is 0 Å². The van der Waals surface area contributed by atoms with Crippen LogP contribution in [-0.4, -0.2) is 4.37 Å². The van der Waals surface area contributed by atoms with Crippen molar-refractivity contribution < 1.29 is 58.2 Å². The number of rotatable bonds is 0. The van der Waals surface area contributed by atoms with E-state index in [0.717, 1.165) is 11.5 Å². The Morgan fingerprint density at radius 1 is 1.75 bits per heavy atom. The zero-order chi connectivity index (χ0) is 5.28. The largest absolute Gasteiger partial charge is 1.00 e. The molecular weight excluding hydrogens is 198 g/mol. The normalized spacial score (nSPS) is 8.12. The van der Waals surface area contributed by atoms with Crippen molar-refractivity contribution in [3.8, 4) is 0 Å². The third kappa shape index (κ3) is 2.64. The van der Waals surface area contributed by atoms with E-state index in [1.165, 1.54) is 0 Å². The standard InChI is InChI=1S/C3H4N2OS.Rb/c1-2-4-3(6)7-5-2;/h1H3,(H,4,5,6);/q;+1/p-1. The van der Waals surface area contributed by atoms with Crippen LogP contribution in [0.2, 0.25) is 0 Å². The average Bonchev–Trinajstić information content (AvgIpc) is 1.87. The topological polar surface area (TPSA) is 44.1 Å². The molecule has 0 aromatic carbocycles. The Balaban J connectivity index is 0.000000490. The van der Waals surface area contributed by atoms with E-state index >= 15 is 0 Å². The molecule has 0 fully saturated rings. The van der Waals surface area contributed by atoms with Gasteiger partial charge in [-0.2, -0.15) is 0 Å². The first kappa shape index (κ1) is 9.17. The summed E-state index contributed by atoms with van der Waals surface area (Å²) in [6, 6.07) is 0. The van der Waals surface area contributed by atoms with Crippen molar-refractivity contribution in [1.29, 1.82) is 0 Å². The summed E-state index contributed by atoms with van der Waals surface area (Å²) in [6.07, 6.45) is 0. The maximum Gasteiger partial charge on any atom is 1.00 e. The van der Waals surface area contributed by atoms with E-state index in [1.54, 1.807) is 6.92 Å². The molecule has 0 bridgehead atoms. The molecule has 0 radical (unpaired) electrons. The van der Waals surface area contributed by atoms with Crippen LogP contribution < -0.4 is 68.0 Å². The van der Waals surface area contributed by atoms with Gasteiger partial charge in [0.2, 0.25) is 4.87 Å². The van der Waals surface area contributed by atoms with Crippen LogP contribution in [0.25, 0.3) is 0 Å². The molecule has 1 aromatic rings. The quantitative estimate of drug-likeness (QED) is 0.443. The fourth-order valence-electron chi connectivity index (χ4n) is 0.278. The molecule has 1 rings (SSSR count). The molecule has 0 aliphatic rings. The number of hydrogen-bond donors (Lipinski definition) is 0. The van der Waals surface area contributed by atoms with Gasteiger partial charge in [-0.25, -0.2) is 0 Å². The van der Waals surface area contributed by atoms with Crippen LogP contribution in [0.1, 0.15) is 5.82 Å². The first-order valence-electron chi connectivity index (χ1n) is 1.76. The molecule has 0 atom stereocenters. The van der Waals surface area contributed by atoms with Crippen LogP contribution in [0, 0.1) is 6.92 Å². The molecule has 38 valence electrons. The predicted molar refractivity (Wildman–Crippen MR) is 26.4 cm³/mol. The minimum absolute atomic E-state index is 0. The van der Waals surface area contributed by atoms with Gasteiger partial charge in [-0.05, 0) is 6.92 Å². The molecule has 0 aliphatic heterocycles. The molecule has 0 saturated heterocycles. The molecule has 5 heteroatoms. The smallest absolute Gasteiger partial charge is 0.396 e. The molecule has 1 heterocycles. The molecular formula is C3H3N2ORbS. The van der Waals surface area contributed by atoms with Crippen LogP contribution in [0.3, 0.4) is 0 Å². The van der Waals surface area contributed by atoms with E-state index in [4.69, 9.17) is 0 Å². The fraction of sp³-hybridized carbons (Fsp3) is 0.333. The number of hydrogen-bond acceptors (Lipinski definition) is 3. The summed E-state index contributed by atoms with van der Waals surface area (Å²) in [7, 11) is 0. The summed E-state index contributed by atoms with van der Waals surface area (Å²) < 4.78 is 3.63. The van der Waals surface area contributed by atoms with E-state index in [1.807, 2.05) is 0 Å². The number of aryl methyl sites for hydroxylation is 1. The van der Waals surface area contributed by atoms with E-state index in [0.29, 0.717) is 5.82 Å². The zero-order valence-electron chi connectivity index (χ0n) is 4.71. The summed E-state index contributed by atoms with van der Waals surface area (Å²) >= 11 is 0.888. The molecule has 0 spiro atoms. The second kappa shape index (κ2) is 4.06. The predicted octanol–water partition coefficient (Wildman–Crippen LogP) is -3.23. The van der Waals surface area contributed by atoms with E-state index in [2.05, 4.69) is 9.36 Å². The van der Waals surface area contributed by atoms with Crippen LogP contribution in [0.4, 0.5) is 0 Å². The van der Waals surface area contributed by atoms with Gasteiger partial charge in [-0.15, -0.1) is 11.5 Å². The van der Waals surface area contributed by atoms with Crippen LogP contribution in [-0.2, 0) is 0 Å². The molecule has 0 saturated carbocycles. The van der Waals surface area contributed by atoms with Gasteiger partial charge in [0, 0.05) is 0 Å². The maximum absolute atomic E-state index is 10.1. The molecule has 3 nitrogen and oxygen atoms in total. The van der Waals surface area contributed by atoms with Crippen molar-refractivity contribution in [3.63, 3.8) is 0 Å². The van der Waals surface area contributed by atoms with Crippen molar-refractivity contribution in [2.75, 3.05) is 0 Å². The van der Waals surface area contributed by atoms with Gasteiger partial charge in [0.25, 0.3) is 0 Å². The Morgan fingerprint density at radius 3 is 2.50 bits per heavy atom. The Bertz CT molecular complexity index is 205. The Morgan fingerprint density at radius 2 is 2.38 bits per heavy atom. The van der Waals surface area contributed by atoms with Crippen molar-refractivity contribution in [2.24, 2.45) is 0 Å². The van der Waals surface area contributed by atoms with Gasteiger partial charge < -0.3 is 9.36 Å². The van der Waals surface area contributed by atoms with Crippen molar-refractivity contribution in [3.05, 3.63) is 15.5 Å². The van der Waals surface area contributed by atoms with E-state index in [9.17, 15) is 4.79 Å². The summed E-state index contributed by atoms with van der Waals surface area (Å²) in [6.45, 7) is 1.69. The number of nitrogens with zero attached hydrogens (tertiary/aromatic N) is 2. The van der Waals surface area contributed by atoms with Crippen molar-refractivity contribution in [2.45, 2.75) is 6.92 Å². The Hall–Kier alpha value is 1.17. The van der Waals surface area contributed by atoms with Crippen LogP contribution >= 0.6 is 11.5 Å². The zero-order valence-corrected chi connectivity index (χ0v) is 10.4. The number of aromatic nitrogens is 2. The Kier molecular flexibility index (Phi) is 4.65. The first-order chi connectivity index (χ1) is 3.29. The van der Waals surface area contributed by atoms with Crippen LogP contribution in [0.15, 0.2) is 4.79 Å². The van der Waals surface area contributed by atoms with Crippen molar-refractivity contribution >= 4 is 11.5 Å². The van der Waals surface area contributed by atoms with Crippen molar-refractivity contribution in [1.82, 2.24) is 9.36 Å². The Labute approximate surface area is 99.5 Å². The van der Waals surface area contributed by atoms with Crippen LogP contribution in [0.5, 0.6) is 0 Å². The summed E-state index contributed by atoms with van der Waals surface area (Å²) in [5, 5.41) is 0. The van der Waals surface area contributed by atoms with Gasteiger partial charge in [0.1, 0.15) is 0 Å². The second-order valence-electron chi connectivity index (χ2n) is 1.11. The van der Waals surface area contributed by atoms with Gasteiger partial charge in [0.15, 0.2) is 0 Å². The molecule has 1 aromatic heterocycles. The van der Waals surface area contributed by atoms with Gasteiger partial charge in [0.05, 0.1) is 0 Å².